The quantitative estimate of drug-likeness (QED) is 0.851. The van der Waals surface area contributed by atoms with E-state index in [1.807, 2.05) is 12.1 Å². The monoisotopic (exact) mass is 309 g/mol. The number of thiocarbonyl (C=S) groups is 1. The minimum Gasteiger partial charge on any atom is -0.389 e. The molecule has 2 unspecified atom stereocenters. The summed E-state index contributed by atoms with van der Waals surface area (Å²) in [5.41, 5.74) is 7.79. The summed E-state index contributed by atoms with van der Waals surface area (Å²) in [7, 11) is 2.25. The van der Waals surface area contributed by atoms with Gasteiger partial charge in [-0.1, -0.05) is 29.9 Å². The van der Waals surface area contributed by atoms with Gasteiger partial charge in [0.1, 0.15) is 4.99 Å². The van der Waals surface area contributed by atoms with Gasteiger partial charge in [0.15, 0.2) is 0 Å². The molecule has 2 saturated heterocycles. The van der Waals surface area contributed by atoms with E-state index in [4.69, 9.17) is 29.6 Å². The van der Waals surface area contributed by atoms with Gasteiger partial charge < -0.3 is 10.6 Å². The fourth-order valence-electron chi connectivity index (χ4n) is 3.55. The number of anilines is 1. The van der Waals surface area contributed by atoms with E-state index in [0.717, 1.165) is 30.4 Å². The Kier molecular flexibility index (Phi) is 3.89. The van der Waals surface area contributed by atoms with Crippen LogP contribution in [0.3, 0.4) is 0 Å². The first-order valence-electron chi connectivity index (χ1n) is 7.13. The molecule has 2 fully saturated rings. The molecule has 0 aromatic heterocycles. The summed E-state index contributed by atoms with van der Waals surface area (Å²) in [5.74, 6) is 0. The van der Waals surface area contributed by atoms with Crippen LogP contribution in [0.15, 0.2) is 18.2 Å². The fourth-order valence-corrected chi connectivity index (χ4v) is 4.09. The number of rotatable bonds is 2. The maximum atomic E-state index is 6.29. The lowest BCUT2D eigenvalue weighted by molar-refractivity contribution is 0.254. The van der Waals surface area contributed by atoms with E-state index in [1.54, 1.807) is 0 Å². The topological polar surface area (TPSA) is 32.5 Å². The molecule has 2 N–H and O–H groups in total. The lowest BCUT2D eigenvalue weighted by atomic mass is 10.1. The molecule has 108 valence electrons. The molecule has 2 aliphatic heterocycles. The maximum Gasteiger partial charge on any atom is 0.107 e. The molecular formula is C15H20ClN3S. The van der Waals surface area contributed by atoms with Gasteiger partial charge in [-0.05, 0) is 38.4 Å². The zero-order valence-corrected chi connectivity index (χ0v) is 13.3. The molecule has 0 radical (unpaired) electrons. The fraction of sp³-hybridized carbons (Fsp3) is 0.533. The Morgan fingerprint density at radius 1 is 1.30 bits per heavy atom. The molecule has 0 saturated carbocycles. The van der Waals surface area contributed by atoms with E-state index < -0.39 is 0 Å². The van der Waals surface area contributed by atoms with Gasteiger partial charge in [-0.3, -0.25) is 4.90 Å². The number of nitrogens with two attached hydrogens (primary N) is 1. The summed E-state index contributed by atoms with van der Waals surface area (Å²) in [6.45, 7) is 2.07. The number of nitrogens with zero attached hydrogens (tertiary/aromatic N) is 2. The Bertz CT molecular complexity index is 534. The average molecular weight is 310 g/mol. The van der Waals surface area contributed by atoms with E-state index >= 15 is 0 Å². The van der Waals surface area contributed by atoms with Gasteiger partial charge in [-0.2, -0.15) is 0 Å². The molecule has 0 aliphatic carbocycles. The van der Waals surface area contributed by atoms with Crippen LogP contribution in [0.4, 0.5) is 5.69 Å². The second-order valence-electron chi connectivity index (χ2n) is 5.78. The molecule has 2 bridgehead atoms. The second kappa shape index (κ2) is 5.51. The van der Waals surface area contributed by atoms with Crippen molar-refractivity contribution in [1.82, 2.24) is 4.90 Å². The molecule has 3 rings (SSSR count). The standard InChI is InChI=1S/C15H20ClN3S/c1-18-10-5-6-11(18)9-19(8-7-10)13-4-2-3-12(16)14(13)15(17)20/h2-4,10-11H,5-9H2,1H3,(H2,17,20). The van der Waals surface area contributed by atoms with E-state index in [-0.39, 0.29) is 0 Å². The Balaban J connectivity index is 1.94. The van der Waals surface area contributed by atoms with Crippen LogP contribution in [0.25, 0.3) is 0 Å². The molecule has 20 heavy (non-hydrogen) atoms. The van der Waals surface area contributed by atoms with Crippen LogP contribution in [-0.2, 0) is 0 Å². The molecule has 1 aromatic rings. The van der Waals surface area contributed by atoms with Crippen molar-refractivity contribution in [2.75, 3.05) is 25.0 Å². The first-order valence-corrected chi connectivity index (χ1v) is 7.91. The van der Waals surface area contributed by atoms with Crippen LogP contribution in [0.1, 0.15) is 24.8 Å². The summed E-state index contributed by atoms with van der Waals surface area (Å²) in [5, 5.41) is 0.651. The molecule has 2 aliphatic rings. The van der Waals surface area contributed by atoms with Crippen molar-refractivity contribution in [3.63, 3.8) is 0 Å². The Labute approximate surface area is 130 Å². The van der Waals surface area contributed by atoms with E-state index in [1.165, 1.54) is 19.3 Å². The van der Waals surface area contributed by atoms with Gasteiger partial charge in [0.25, 0.3) is 0 Å². The highest BCUT2D eigenvalue weighted by Gasteiger charge is 2.35. The molecular weight excluding hydrogens is 290 g/mol. The zero-order valence-electron chi connectivity index (χ0n) is 11.7. The first-order chi connectivity index (χ1) is 9.58. The maximum absolute atomic E-state index is 6.29. The van der Waals surface area contributed by atoms with Crippen molar-refractivity contribution in [2.45, 2.75) is 31.3 Å². The van der Waals surface area contributed by atoms with Crippen molar-refractivity contribution >= 4 is 34.5 Å². The Hall–Kier alpha value is -0.840. The third-order valence-corrected chi connectivity index (χ3v) is 5.25. The molecule has 0 spiro atoms. The van der Waals surface area contributed by atoms with Gasteiger partial charge in [0.2, 0.25) is 0 Å². The summed E-state index contributed by atoms with van der Waals surface area (Å²) < 4.78 is 0. The lowest BCUT2D eigenvalue weighted by Gasteiger charge is -2.29. The van der Waals surface area contributed by atoms with Gasteiger partial charge in [-0.25, -0.2) is 0 Å². The van der Waals surface area contributed by atoms with Crippen molar-refractivity contribution < 1.29 is 0 Å². The molecule has 2 heterocycles. The number of halogens is 1. The number of fused-ring (bicyclic) bond motifs is 2. The summed E-state index contributed by atoms with van der Waals surface area (Å²) in [6.07, 6.45) is 3.80. The molecule has 2 atom stereocenters. The number of hydrogen-bond donors (Lipinski definition) is 1. The number of hydrogen-bond acceptors (Lipinski definition) is 3. The van der Waals surface area contributed by atoms with Crippen LogP contribution in [0, 0.1) is 0 Å². The van der Waals surface area contributed by atoms with Crippen molar-refractivity contribution in [3.8, 4) is 0 Å². The van der Waals surface area contributed by atoms with Gasteiger partial charge in [0, 0.05) is 30.9 Å². The van der Waals surface area contributed by atoms with Crippen molar-refractivity contribution in [1.29, 1.82) is 0 Å². The normalized spacial score (nSPS) is 26.6. The summed E-state index contributed by atoms with van der Waals surface area (Å²) in [4.78, 5) is 5.32. The number of benzene rings is 1. The first kappa shape index (κ1) is 14.1. The Morgan fingerprint density at radius 2 is 2.05 bits per heavy atom. The minimum absolute atomic E-state index is 0.383. The van der Waals surface area contributed by atoms with E-state index in [2.05, 4.69) is 22.9 Å². The zero-order chi connectivity index (χ0) is 14.3. The third kappa shape index (κ3) is 2.41. The predicted molar refractivity (Wildman–Crippen MR) is 88.7 cm³/mol. The van der Waals surface area contributed by atoms with E-state index in [0.29, 0.717) is 16.1 Å². The van der Waals surface area contributed by atoms with Crippen LogP contribution < -0.4 is 10.6 Å². The molecule has 5 heteroatoms. The smallest absolute Gasteiger partial charge is 0.107 e. The van der Waals surface area contributed by atoms with Gasteiger partial charge >= 0.3 is 0 Å². The molecule has 3 nitrogen and oxygen atoms in total. The van der Waals surface area contributed by atoms with Crippen LogP contribution in [0.5, 0.6) is 0 Å². The van der Waals surface area contributed by atoms with Crippen LogP contribution in [-0.4, -0.2) is 42.1 Å². The minimum atomic E-state index is 0.383. The van der Waals surface area contributed by atoms with Crippen LogP contribution >= 0.6 is 23.8 Å². The van der Waals surface area contributed by atoms with E-state index in [9.17, 15) is 0 Å². The highest BCUT2D eigenvalue weighted by Crippen LogP contribution is 2.33. The number of likely N-dealkylation sites (N-methyl/N-ethyl adjacent to an activating group) is 1. The highest BCUT2D eigenvalue weighted by molar-refractivity contribution is 7.80. The SMILES string of the molecule is CN1C2CCC1CN(c1cccc(Cl)c1C(N)=S)CC2. The predicted octanol–water partition coefficient (Wildman–Crippen LogP) is 2.65. The second-order valence-corrected chi connectivity index (χ2v) is 6.63. The van der Waals surface area contributed by atoms with Gasteiger partial charge in [0.05, 0.1) is 10.6 Å². The van der Waals surface area contributed by atoms with Crippen molar-refractivity contribution in [2.24, 2.45) is 5.73 Å². The van der Waals surface area contributed by atoms with Crippen molar-refractivity contribution in [3.05, 3.63) is 28.8 Å². The van der Waals surface area contributed by atoms with Gasteiger partial charge in [-0.15, -0.1) is 0 Å². The van der Waals surface area contributed by atoms with Crippen LogP contribution in [0.2, 0.25) is 5.02 Å². The average Bonchev–Trinajstić information content (AvgIpc) is 2.62. The Morgan fingerprint density at radius 3 is 2.80 bits per heavy atom. The lowest BCUT2D eigenvalue weighted by Crippen LogP contribution is -2.37. The summed E-state index contributed by atoms with van der Waals surface area (Å²) in [6, 6.07) is 7.26. The molecule has 0 amide bonds. The largest absolute Gasteiger partial charge is 0.389 e. The molecule has 1 aromatic carbocycles. The highest BCUT2D eigenvalue weighted by atomic mass is 35.5. The summed E-state index contributed by atoms with van der Waals surface area (Å²) >= 11 is 11.5. The third-order valence-electron chi connectivity index (χ3n) is 4.73.